The van der Waals surface area contributed by atoms with Gasteiger partial charge in [-0.1, -0.05) is 17.7 Å². The number of carbonyl (C=O) groups is 1. The van der Waals surface area contributed by atoms with Crippen LogP contribution in [0, 0.1) is 0 Å². The molecule has 0 fully saturated rings. The highest BCUT2D eigenvalue weighted by atomic mass is 35.5. The van der Waals surface area contributed by atoms with Gasteiger partial charge in [0.2, 0.25) is 0 Å². The number of carbonyl (C=O) groups excluding carboxylic acids is 1. The van der Waals surface area contributed by atoms with Gasteiger partial charge in [-0.15, -0.1) is 0 Å². The Morgan fingerprint density at radius 2 is 2.09 bits per heavy atom. The highest BCUT2D eigenvalue weighted by molar-refractivity contribution is 6.31. The van der Waals surface area contributed by atoms with Crippen molar-refractivity contribution >= 4 is 17.5 Å². The van der Waals surface area contributed by atoms with Gasteiger partial charge in [0.25, 0.3) is 5.91 Å². The predicted molar refractivity (Wildman–Crippen MR) is 75.5 cm³/mol. The largest absolute Gasteiger partial charge is 0.416 e. The van der Waals surface area contributed by atoms with E-state index in [4.69, 9.17) is 11.6 Å². The number of aromatic nitrogens is 2. The van der Waals surface area contributed by atoms with E-state index in [0.29, 0.717) is 10.7 Å². The second kappa shape index (κ2) is 6.00. The van der Waals surface area contributed by atoms with Crippen LogP contribution in [0.4, 0.5) is 13.2 Å². The molecule has 0 aliphatic carbocycles. The zero-order valence-electron chi connectivity index (χ0n) is 11.9. The lowest BCUT2D eigenvalue weighted by molar-refractivity contribution is -0.137. The van der Waals surface area contributed by atoms with Crippen molar-refractivity contribution in [2.24, 2.45) is 7.05 Å². The van der Waals surface area contributed by atoms with E-state index >= 15 is 0 Å². The van der Waals surface area contributed by atoms with Crippen molar-refractivity contribution in [2.75, 3.05) is 7.05 Å². The molecule has 0 aliphatic heterocycles. The van der Waals surface area contributed by atoms with Gasteiger partial charge in [0.1, 0.15) is 0 Å². The van der Waals surface area contributed by atoms with Crippen LogP contribution in [-0.2, 0) is 19.8 Å². The van der Waals surface area contributed by atoms with Crippen LogP contribution >= 0.6 is 11.6 Å². The van der Waals surface area contributed by atoms with E-state index in [1.54, 1.807) is 7.05 Å². The smallest absolute Gasteiger partial charge is 0.336 e. The average molecular weight is 332 g/mol. The number of alkyl halides is 3. The third kappa shape index (κ3) is 3.41. The molecule has 2 aromatic rings. The third-order valence-electron chi connectivity index (χ3n) is 3.18. The SMILES string of the molecule is CN(Cc1c(Cl)cnn1C)C(=O)c1cccc(C(F)(F)F)c1. The van der Waals surface area contributed by atoms with Crippen LogP contribution in [0.15, 0.2) is 30.5 Å². The van der Waals surface area contributed by atoms with Crippen molar-refractivity contribution in [2.45, 2.75) is 12.7 Å². The van der Waals surface area contributed by atoms with E-state index < -0.39 is 17.6 Å². The molecule has 0 saturated heterocycles. The molecule has 0 N–H and O–H groups in total. The molecule has 0 saturated carbocycles. The molecule has 22 heavy (non-hydrogen) atoms. The minimum Gasteiger partial charge on any atom is -0.336 e. The lowest BCUT2D eigenvalue weighted by Gasteiger charge is -2.18. The maximum atomic E-state index is 12.7. The fourth-order valence-corrected chi connectivity index (χ4v) is 2.19. The van der Waals surface area contributed by atoms with Crippen molar-refractivity contribution in [1.82, 2.24) is 14.7 Å². The summed E-state index contributed by atoms with van der Waals surface area (Å²) in [5.74, 6) is -0.525. The molecule has 1 aromatic carbocycles. The van der Waals surface area contributed by atoms with Gasteiger partial charge in [-0.25, -0.2) is 0 Å². The standard InChI is InChI=1S/C14H13ClF3N3O/c1-20(8-12-11(15)7-19-21(12)2)13(22)9-4-3-5-10(6-9)14(16,17)18/h3-7H,8H2,1-2H3. The zero-order chi connectivity index (χ0) is 16.5. The van der Waals surface area contributed by atoms with Gasteiger partial charge < -0.3 is 4.90 Å². The first-order valence-electron chi connectivity index (χ1n) is 6.29. The Morgan fingerprint density at radius 1 is 1.41 bits per heavy atom. The first kappa shape index (κ1) is 16.4. The van der Waals surface area contributed by atoms with Gasteiger partial charge in [0, 0.05) is 19.7 Å². The van der Waals surface area contributed by atoms with E-state index in [2.05, 4.69) is 5.10 Å². The monoisotopic (exact) mass is 331 g/mol. The number of rotatable bonds is 3. The normalized spacial score (nSPS) is 11.5. The number of hydrogen-bond acceptors (Lipinski definition) is 2. The topological polar surface area (TPSA) is 38.1 Å². The Morgan fingerprint density at radius 3 is 2.64 bits per heavy atom. The lowest BCUT2D eigenvalue weighted by Crippen LogP contribution is -2.27. The van der Waals surface area contributed by atoms with E-state index in [1.807, 2.05) is 0 Å². The maximum absolute atomic E-state index is 12.7. The summed E-state index contributed by atoms with van der Waals surface area (Å²) in [4.78, 5) is 13.5. The highest BCUT2D eigenvalue weighted by Crippen LogP contribution is 2.29. The van der Waals surface area contributed by atoms with E-state index in [9.17, 15) is 18.0 Å². The molecular weight excluding hydrogens is 319 g/mol. The average Bonchev–Trinajstić information content (AvgIpc) is 2.77. The molecule has 0 aliphatic rings. The predicted octanol–water partition coefficient (Wildman–Crippen LogP) is 3.36. The molecule has 4 nitrogen and oxygen atoms in total. The number of nitrogens with zero attached hydrogens (tertiary/aromatic N) is 3. The number of benzene rings is 1. The zero-order valence-corrected chi connectivity index (χ0v) is 12.6. The Balaban J connectivity index is 2.21. The summed E-state index contributed by atoms with van der Waals surface area (Å²) >= 11 is 5.95. The van der Waals surface area contributed by atoms with Gasteiger partial charge in [-0.2, -0.15) is 18.3 Å². The molecular formula is C14H13ClF3N3O. The molecule has 0 atom stereocenters. The Bertz CT molecular complexity index is 677. The fourth-order valence-electron chi connectivity index (χ4n) is 1.96. The molecule has 8 heteroatoms. The molecule has 1 heterocycles. The van der Waals surface area contributed by atoms with Crippen molar-refractivity contribution in [3.8, 4) is 0 Å². The maximum Gasteiger partial charge on any atom is 0.416 e. The molecule has 1 amide bonds. The van der Waals surface area contributed by atoms with Gasteiger partial charge in [-0.3, -0.25) is 9.48 Å². The molecule has 0 radical (unpaired) electrons. The van der Waals surface area contributed by atoms with Crippen LogP contribution in [0.1, 0.15) is 21.6 Å². The second-order valence-electron chi connectivity index (χ2n) is 4.80. The van der Waals surface area contributed by atoms with E-state index in [1.165, 1.54) is 35.0 Å². The lowest BCUT2D eigenvalue weighted by atomic mass is 10.1. The molecule has 2 rings (SSSR count). The summed E-state index contributed by atoms with van der Waals surface area (Å²) in [5.41, 5.74) is -0.287. The molecule has 118 valence electrons. The Hall–Kier alpha value is -2.02. The summed E-state index contributed by atoms with van der Waals surface area (Å²) in [7, 11) is 3.16. The van der Waals surface area contributed by atoms with Gasteiger partial charge >= 0.3 is 6.18 Å². The van der Waals surface area contributed by atoms with E-state index in [0.717, 1.165) is 12.1 Å². The molecule has 1 aromatic heterocycles. The van der Waals surface area contributed by atoms with Crippen LogP contribution in [0.5, 0.6) is 0 Å². The summed E-state index contributed by atoms with van der Waals surface area (Å²) in [5, 5.41) is 4.34. The minimum absolute atomic E-state index is 0.0318. The first-order chi connectivity index (χ1) is 10.2. The van der Waals surface area contributed by atoms with Crippen LogP contribution in [0.25, 0.3) is 0 Å². The fraction of sp³-hybridized carbons (Fsp3) is 0.286. The number of aryl methyl sites for hydroxylation is 1. The number of amides is 1. The quantitative estimate of drug-likeness (QED) is 0.865. The number of halogens is 4. The first-order valence-corrected chi connectivity index (χ1v) is 6.67. The minimum atomic E-state index is -4.49. The second-order valence-corrected chi connectivity index (χ2v) is 5.21. The van der Waals surface area contributed by atoms with Gasteiger partial charge in [-0.05, 0) is 18.2 Å². The van der Waals surface area contributed by atoms with Crippen LogP contribution in [0.3, 0.4) is 0 Å². The summed E-state index contributed by atoms with van der Waals surface area (Å²) in [6.45, 7) is 0.143. The Labute approximate surface area is 130 Å². The van der Waals surface area contributed by atoms with E-state index in [-0.39, 0.29) is 12.1 Å². The summed E-state index contributed by atoms with van der Waals surface area (Å²) < 4.78 is 39.6. The van der Waals surface area contributed by atoms with Crippen molar-refractivity contribution in [3.63, 3.8) is 0 Å². The van der Waals surface area contributed by atoms with Crippen molar-refractivity contribution < 1.29 is 18.0 Å². The Kier molecular flexibility index (Phi) is 4.46. The van der Waals surface area contributed by atoms with Gasteiger partial charge in [0.15, 0.2) is 0 Å². The van der Waals surface area contributed by atoms with Crippen LogP contribution in [-0.4, -0.2) is 27.6 Å². The molecule has 0 bridgehead atoms. The summed E-state index contributed by atoms with van der Waals surface area (Å²) in [6.07, 6.45) is -3.04. The third-order valence-corrected chi connectivity index (χ3v) is 3.50. The van der Waals surface area contributed by atoms with Crippen LogP contribution < -0.4 is 0 Å². The number of hydrogen-bond donors (Lipinski definition) is 0. The van der Waals surface area contributed by atoms with Crippen LogP contribution in [0.2, 0.25) is 5.02 Å². The highest BCUT2D eigenvalue weighted by Gasteiger charge is 2.31. The van der Waals surface area contributed by atoms with Crippen molar-refractivity contribution in [3.05, 3.63) is 52.3 Å². The molecule has 0 unspecified atom stereocenters. The van der Waals surface area contributed by atoms with Crippen molar-refractivity contribution in [1.29, 1.82) is 0 Å². The summed E-state index contributed by atoms with van der Waals surface area (Å²) in [6, 6.07) is 4.32. The van der Waals surface area contributed by atoms with Gasteiger partial charge in [0.05, 0.1) is 29.0 Å². The molecule has 0 spiro atoms.